The number of benzene rings is 2. The van der Waals surface area contributed by atoms with Gasteiger partial charge in [-0.25, -0.2) is 13.1 Å². The zero-order valence-corrected chi connectivity index (χ0v) is 15.4. The van der Waals surface area contributed by atoms with Gasteiger partial charge in [0.15, 0.2) is 0 Å². The lowest BCUT2D eigenvalue weighted by atomic mass is 10.1. The number of morpholine rings is 1. The van der Waals surface area contributed by atoms with Gasteiger partial charge in [0.25, 0.3) is 0 Å². The topological polar surface area (TPSA) is 58.6 Å². The highest BCUT2D eigenvalue weighted by atomic mass is 35.5. The molecule has 1 fully saturated rings. The van der Waals surface area contributed by atoms with Gasteiger partial charge in [-0.05, 0) is 48.4 Å². The van der Waals surface area contributed by atoms with E-state index in [1.54, 1.807) is 12.1 Å². The Hall–Kier alpha value is -1.60. The Morgan fingerprint density at radius 1 is 1.00 bits per heavy atom. The molecule has 0 atom stereocenters. The van der Waals surface area contributed by atoms with E-state index in [2.05, 4.69) is 21.8 Å². The summed E-state index contributed by atoms with van der Waals surface area (Å²) < 4.78 is 32.4. The van der Waals surface area contributed by atoms with Crippen molar-refractivity contribution in [3.63, 3.8) is 0 Å². The molecule has 1 N–H and O–H groups in total. The SMILES string of the molecule is O=S(=O)(NCCc1ccc(N2CCOCC2)cc1)c1ccc(Cl)cc1. The van der Waals surface area contributed by atoms with E-state index in [4.69, 9.17) is 16.3 Å². The van der Waals surface area contributed by atoms with E-state index in [1.165, 1.54) is 17.8 Å². The second-order valence-electron chi connectivity index (χ2n) is 5.87. The highest BCUT2D eigenvalue weighted by molar-refractivity contribution is 7.89. The summed E-state index contributed by atoms with van der Waals surface area (Å²) in [5.41, 5.74) is 2.27. The number of hydrogen-bond acceptors (Lipinski definition) is 4. The number of halogens is 1. The number of ether oxygens (including phenoxy) is 1. The van der Waals surface area contributed by atoms with Gasteiger partial charge in [0.1, 0.15) is 0 Å². The average Bonchev–Trinajstić information content (AvgIpc) is 2.63. The van der Waals surface area contributed by atoms with Crippen LogP contribution >= 0.6 is 11.6 Å². The summed E-state index contributed by atoms with van der Waals surface area (Å²) in [6, 6.07) is 14.4. The predicted octanol–water partition coefficient (Wildman–Crippen LogP) is 2.70. The molecule has 2 aromatic rings. The van der Waals surface area contributed by atoms with Gasteiger partial charge in [-0.1, -0.05) is 23.7 Å². The van der Waals surface area contributed by atoms with Crippen LogP contribution in [0.1, 0.15) is 5.56 Å². The lowest BCUT2D eigenvalue weighted by Gasteiger charge is -2.28. The van der Waals surface area contributed by atoms with Crippen LogP contribution in [0.5, 0.6) is 0 Å². The second-order valence-corrected chi connectivity index (χ2v) is 8.07. The molecule has 1 saturated heterocycles. The first-order valence-corrected chi connectivity index (χ1v) is 10.1. The van der Waals surface area contributed by atoms with E-state index in [0.717, 1.165) is 31.9 Å². The van der Waals surface area contributed by atoms with Crippen LogP contribution in [-0.2, 0) is 21.2 Å². The van der Waals surface area contributed by atoms with Gasteiger partial charge < -0.3 is 9.64 Å². The Morgan fingerprint density at radius 2 is 1.64 bits per heavy atom. The van der Waals surface area contributed by atoms with Crippen LogP contribution in [0.25, 0.3) is 0 Å². The Kier molecular flexibility index (Phi) is 5.96. The van der Waals surface area contributed by atoms with Gasteiger partial charge in [-0.3, -0.25) is 0 Å². The maximum Gasteiger partial charge on any atom is 0.240 e. The fraction of sp³-hybridized carbons (Fsp3) is 0.333. The summed E-state index contributed by atoms with van der Waals surface area (Å²) in [5.74, 6) is 0. The van der Waals surface area contributed by atoms with Crippen LogP contribution in [-0.4, -0.2) is 41.3 Å². The van der Waals surface area contributed by atoms with Crippen molar-refractivity contribution in [1.29, 1.82) is 0 Å². The summed E-state index contributed by atoms with van der Waals surface area (Å²) in [7, 11) is -3.50. The zero-order chi connectivity index (χ0) is 17.7. The molecule has 0 aliphatic carbocycles. The Labute approximate surface area is 153 Å². The Bertz CT molecular complexity index is 786. The third-order valence-electron chi connectivity index (χ3n) is 4.14. The maximum absolute atomic E-state index is 12.2. The van der Waals surface area contributed by atoms with Crippen LogP contribution in [0.3, 0.4) is 0 Å². The molecule has 3 rings (SSSR count). The smallest absolute Gasteiger partial charge is 0.240 e. The molecular weight excluding hydrogens is 360 g/mol. The molecule has 1 aliphatic heterocycles. The van der Waals surface area contributed by atoms with Crippen molar-refractivity contribution < 1.29 is 13.2 Å². The third-order valence-corrected chi connectivity index (χ3v) is 5.87. The molecule has 5 nitrogen and oxygen atoms in total. The summed E-state index contributed by atoms with van der Waals surface area (Å²) in [4.78, 5) is 2.51. The van der Waals surface area contributed by atoms with E-state index >= 15 is 0 Å². The Morgan fingerprint density at radius 3 is 2.28 bits per heavy atom. The number of rotatable bonds is 6. The Balaban J connectivity index is 1.54. The van der Waals surface area contributed by atoms with Crippen molar-refractivity contribution in [1.82, 2.24) is 4.72 Å². The van der Waals surface area contributed by atoms with Crippen molar-refractivity contribution in [3.8, 4) is 0 Å². The molecule has 134 valence electrons. The lowest BCUT2D eigenvalue weighted by Crippen LogP contribution is -2.36. The third kappa shape index (κ3) is 4.95. The van der Waals surface area contributed by atoms with Crippen molar-refractivity contribution in [2.24, 2.45) is 0 Å². The van der Waals surface area contributed by atoms with Gasteiger partial charge in [-0.15, -0.1) is 0 Å². The number of nitrogens with one attached hydrogen (secondary N) is 1. The summed E-state index contributed by atoms with van der Waals surface area (Å²) in [6.45, 7) is 3.67. The van der Waals surface area contributed by atoms with Crippen LogP contribution in [0.4, 0.5) is 5.69 Å². The molecule has 1 heterocycles. The second kappa shape index (κ2) is 8.19. The predicted molar refractivity (Wildman–Crippen MR) is 99.8 cm³/mol. The van der Waals surface area contributed by atoms with Gasteiger partial charge in [-0.2, -0.15) is 0 Å². The van der Waals surface area contributed by atoms with Crippen LogP contribution in [0.2, 0.25) is 5.02 Å². The molecule has 0 unspecified atom stereocenters. The number of hydrogen-bond donors (Lipinski definition) is 1. The number of anilines is 1. The first-order valence-electron chi connectivity index (χ1n) is 8.21. The summed E-state index contributed by atoms with van der Waals surface area (Å²) in [6.07, 6.45) is 0.635. The number of sulfonamides is 1. The molecule has 0 spiro atoms. The molecule has 1 aliphatic rings. The van der Waals surface area contributed by atoms with E-state index in [1.807, 2.05) is 12.1 Å². The van der Waals surface area contributed by atoms with Crippen molar-refractivity contribution >= 4 is 27.3 Å². The molecule has 0 aromatic heterocycles. The average molecular weight is 381 g/mol. The largest absolute Gasteiger partial charge is 0.378 e. The lowest BCUT2D eigenvalue weighted by molar-refractivity contribution is 0.122. The van der Waals surface area contributed by atoms with E-state index in [9.17, 15) is 8.42 Å². The molecule has 7 heteroatoms. The minimum atomic E-state index is -3.50. The normalized spacial score (nSPS) is 15.3. The molecule has 0 bridgehead atoms. The van der Waals surface area contributed by atoms with Crippen LogP contribution < -0.4 is 9.62 Å². The molecule has 2 aromatic carbocycles. The zero-order valence-electron chi connectivity index (χ0n) is 13.8. The maximum atomic E-state index is 12.2. The standard InChI is InChI=1S/C18H21ClN2O3S/c19-16-3-7-18(8-4-16)25(22,23)20-10-9-15-1-5-17(6-2-15)21-11-13-24-14-12-21/h1-8,20H,9-14H2. The van der Waals surface area contributed by atoms with Gasteiger partial charge in [0, 0.05) is 30.3 Å². The molecule has 25 heavy (non-hydrogen) atoms. The van der Waals surface area contributed by atoms with E-state index < -0.39 is 10.0 Å². The van der Waals surface area contributed by atoms with Gasteiger partial charge >= 0.3 is 0 Å². The minimum absolute atomic E-state index is 0.222. The minimum Gasteiger partial charge on any atom is -0.378 e. The highest BCUT2D eigenvalue weighted by Gasteiger charge is 2.13. The highest BCUT2D eigenvalue weighted by Crippen LogP contribution is 2.17. The van der Waals surface area contributed by atoms with Crippen LogP contribution in [0.15, 0.2) is 53.4 Å². The fourth-order valence-corrected chi connectivity index (χ4v) is 3.88. The van der Waals surface area contributed by atoms with Crippen molar-refractivity contribution in [3.05, 3.63) is 59.1 Å². The first-order chi connectivity index (χ1) is 12.0. The first kappa shape index (κ1) is 18.2. The monoisotopic (exact) mass is 380 g/mol. The molecule has 0 radical (unpaired) electrons. The van der Waals surface area contributed by atoms with Gasteiger partial charge in [0.2, 0.25) is 10.0 Å². The molecular formula is C18H21ClN2O3S. The summed E-state index contributed by atoms with van der Waals surface area (Å²) >= 11 is 5.79. The van der Waals surface area contributed by atoms with Crippen molar-refractivity contribution in [2.75, 3.05) is 37.7 Å². The van der Waals surface area contributed by atoms with Crippen LogP contribution in [0, 0.1) is 0 Å². The quantitative estimate of drug-likeness (QED) is 0.837. The fourth-order valence-electron chi connectivity index (χ4n) is 2.72. The van der Waals surface area contributed by atoms with E-state index in [0.29, 0.717) is 18.0 Å². The summed E-state index contributed by atoms with van der Waals surface area (Å²) in [5, 5.41) is 0.513. The van der Waals surface area contributed by atoms with Crippen molar-refractivity contribution in [2.45, 2.75) is 11.3 Å². The molecule has 0 amide bonds. The molecule has 0 saturated carbocycles. The number of nitrogens with zero attached hydrogens (tertiary/aromatic N) is 1. The van der Waals surface area contributed by atoms with E-state index in [-0.39, 0.29) is 4.90 Å². The van der Waals surface area contributed by atoms with Gasteiger partial charge in [0.05, 0.1) is 18.1 Å².